The largest absolute Gasteiger partial charge is 0.351 e. The number of likely N-dealkylation sites (tertiary alicyclic amines) is 1. The summed E-state index contributed by atoms with van der Waals surface area (Å²) in [5.74, 6) is -0.312. The van der Waals surface area contributed by atoms with Gasteiger partial charge in [-0.05, 0) is 44.7 Å². The van der Waals surface area contributed by atoms with Crippen LogP contribution in [0.1, 0.15) is 38.7 Å². The van der Waals surface area contributed by atoms with E-state index in [2.05, 4.69) is 10.3 Å². The highest BCUT2D eigenvalue weighted by Crippen LogP contribution is 2.22. The van der Waals surface area contributed by atoms with E-state index in [1.54, 1.807) is 26.2 Å². The average molecular weight is 289 g/mol. The second-order valence-electron chi connectivity index (χ2n) is 6.02. The van der Waals surface area contributed by atoms with Crippen LogP contribution in [0, 0.1) is 5.41 Å². The first kappa shape index (κ1) is 15.5. The van der Waals surface area contributed by atoms with Crippen LogP contribution >= 0.6 is 0 Å². The van der Waals surface area contributed by atoms with Crippen LogP contribution in [0.5, 0.6) is 0 Å². The van der Waals surface area contributed by atoms with Gasteiger partial charge in [-0.2, -0.15) is 0 Å². The van der Waals surface area contributed by atoms with E-state index in [9.17, 15) is 9.59 Å². The van der Waals surface area contributed by atoms with Crippen molar-refractivity contribution in [3.8, 4) is 0 Å². The van der Waals surface area contributed by atoms with Crippen LogP contribution in [0.3, 0.4) is 0 Å². The molecule has 0 aromatic carbocycles. The van der Waals surface area contributed by atoms with E-state index in [1.165, 1.54) is 0 Å². The second kappa shape index (κ2) is 6.70. The van der Waals surface area contributed by atoms with Gasteiger partial charge in [0.1, 0.15) is 5.41 Å². The molecular weight excluding hydrogens is 266 g/mol. The Kier molecular flexibility index (Phi) is 4.94. The number of amides is 2. The Morgan fingerprint density at radius 3 is 2.62 bits per heavy atom. The molecule has 1 saturated heterocycles. The molecule has 0 saturated carbocycles. The van der Waals surface area contributed by atoms with Gasteiger partial charge in [-0.1, -0.05) is 6.07 Å². The number of piperidine rings is 1. The molecule has 5 nitrogen and oxygen atoms in total. The van der Waals surface area contributed by atoms with Crippen molar-refractivity contribution in [2.24, 2.45) is 5.41 Å². The molecule has 21 heavy (non-hydrogen) atoms. The highest BCUT2D eigenvalue weighted by molar-refractivity contribution is 6.04. The summed E-state index contributed by atoms with van der Waals surface area (Å²) in [6, 6.07) is 3.72. The molecule has 0 radical (unpaired) electrons. The molecule has 0 aliphatic carbocycles. The Labute approximate surface area is 125 Å². The highest BCUT2D eigenvalue weighted by atomic mass is 16.2. The van der Waals surface area contributed by atoms with Crippen LogP contribution in [0.4, 0.5) is 0 Å². The molecule has 1 aromatic rings. The van der Waals surface area contributed by atoms with E-state index in [0.717, 1.165) is 37.9 Å². The number of hydrogen-bond donors (Lipinski definition) is 1. The minimum atomic E-state index is -1.03. The molecule has 1 fully saturated rings. The molecule has 5 heteroatoms. The number of hydrogen-bond acceptors (Lipinski definition) is 3. The maximum Gasteiger partial charge on any atom is 0.237 e. The number of carbonyl (C=O) groups excluding carboxylic acids is 2. The van der Waals surface area contributed by atoms with E-state index >= 15 is 0 Å². The van der Waals surface area contributed by atoms with Crippen molar-refractivity contribution in [1.29, 1.82) is 0 Å². The lowest BCUT2D eigenvalue weighted by Crippen LogP contribution is -2.50. The first-order chi connectivity index (χ1) is 10.0. The number of aromatic nitrogens is 1. The fourth-order valence-corrected chi connectivity index (χ4v) is 2.50. The van der Waals surface area contributed by atoms with Crippen molar-refractivity contribution >= 4 is 11.8 Å². The highest BCUT2D eigenvalue weighted by Gasteiger charge is 2.39. The van der Waals surface area contributed by atoms with Crippen molar-refractivity contribution in [2.45, 2.75) is 39.7 Å². The Morgan fingerprint density at radius 1 is 1.29 bits per heavy atom. The van der Waals surface area contributed by atoms with Gasteiger partial charge in [0.15, 0.2) is 0 Å². The topological polar surface area (TPSA) is 62.3 Å². The molecule has 0 unspecified atom stereocenters. The van der Waals surface area contributed by atoms with Crippen LogP contribution in [0.2, 0.25) is 0 Å². The summed E-state index contributed by atoms with van der Waals surface area (Å²) >= 11 is 0. The fourth-order valence-electron chi connectivity index (χ4n) is 2.50. The van der Waals surface area contributed by atoms with Crippen molar-refractivity contribution < 1.29 is 9.59 Å². The monoisotopic (exact) mass is 289 g/mol. The zero-order chi connectivity index (χ0) is 15.3. The number of rotatable bonds is 4. The van der Waals surface area contributed by atoms with Crippen LogP contribution in [0.25, 0.3) is 0 Å². The smallest absolute Gasteiger partial charge is 0.237 e. The molecule has 1 aromatic heterocycles. The van der Waals surface area contributed by atoms with Gasteiger partial charge in [0.05, 0.1) is 0 Å². The first-order valence-electron chi connectivity index (χ1n) is 7.48. The molecule has 0 spiro atoms. The Balaban J connectivity index is 1.94. The molecule has 0 bridgehead atoms. The van der Waals surface area contributed by atoms with E-state index < -0.39 is 5.41 Å². The molecule has 2 heterocycles. The van der Waals surface area contributed by atoms with Gasteiger partial charge in [0.25, 0.3) is 0 Å². The van der Waals surface area contributed by atoms with Crippen LogP contribution in [-0.4, -0.2) is 34.8 Å². The molecule has 1 aliphatic heterocycles. The second-order valence-corrected chi connectivity index (χ2v) is 6.02. The van der Waals surface area contributed by atoms with Crippen LogP contribution in [0.15, 0.2) is 24.5 Å². The van der Waals surface area contributed by atoms with Crippen LogP contribution < -0.4 is 5.32 Å². The van der Waals surface area contributed by atoms with E-state index in [4.69, 9.17) is 0 Å². The predicted molar refractivity (Wildman–Crippen MR) is 80.3 cm³/mol. The Bertz CT molecular complexity index is 494. The van der Waals surface area contributed by atoms with Gasteiger partial charge in [0, 0.05) is 32.0 Å². The van der Waals surface area contributed by atoms with Crippen LogP contribution in [-0.2, 0) is 16.1 Å². The van der Waals surface area contributed by atoms with Crippen molar-refractivity contribution in [3.63, 3.8) is 0 Å². The minimum absolute atomic E-state index is 0.0779. The standard InChI is InChI=1S/C16H23N3O2/c1-16(2,15(21)19-9-4-3-5-10-19)14(20)18-12-13-7-6-8-17-11-13/h6-8,11H,3-5,9-10,12H2,1-2H3,(H,18,20). The Morgan fingerprint density at radius 2 is 2.00 bits per heavy atom. The molecule has 0 atom stereocenters. The molecule has 114 valence electrons. The van der Waals surface area contributed by atoms with Gasteiger partial charge in [-0.25, -0.2) is 0 Å². The van der Waals surface area contributed by atoms with E-state index in [0.29, 0.717) is 6.54 Å². The lowest BCUT2D eigenvalue weighted by molar-refractivity contribution is -0.149. The van der Waals surface area contributed by atoms with Gasteiger partial charge in [-0.3, -0.25) is 14.6 Å². The molecule has 1 aliphatic rings. The summed E-state index contributed by atoms with van der Waals surface area (Å²) in [7, 11) is 0. The van der Waals surface area contributed by atoms with Crippen molar-refractivity contribution in [1.82, 2.24) is 15.2 Å². The lowest BCUT2D eigenvalue weighted by atomic mass is 9.89. The Hall–Kier alpha value is -1.91. The zero-order valence-electron chi connectivity index (χ0n) is 12.8. The van der Waals surface area contributed by atoms with Gasteiger partial charge >= 0.3 is 0 Å². The normalized spacial score (nSPS) is 15.6. The summed E-state index contributed by atoms with van der Waals surface area (Å²) < 4.78 is 0. The SMILES string of the molecule is CC(C)(C(=O)NCc1cccnc1)C(=O)N1CCCCC1. The predicted octanol–water partition coefficient (Wildman–Crippen LogP) is 1.74. The summed E-state index contributed by atoms with van der Waals surface area (Å²) in [4.78, 5) is 30.7. The van der Waals surface area contributed by atoms with E-state index in [1.807, 2.05) is 17.0 Å². The fraction of sp³-hybridized carbons (Fsp3) is 0.562. The average Bonchev–Trinajstić information content (AvgIpc) is 2.53. The summed E-state index contributed by atoms with van der Waals surface area (Å²) in [6.07, 6.45) is 6.62. The minimum Gasteiger partial charge on any atom is -0.351 e. The first-order valence-corrected chi connectivity index (χ1v) is 7.48. The maximum atomic E-state index is 12.5. The zero-order valence-corrected chi connectivity index (χ0v) is 12.8. The van der Waals surface area contributed by atoms with Crippen molar-refractivity contribution in [2.75, 3.05) is 13.1 Å². The lowest BCUT2D eigenvalue weighted by Gasteiger charge is -2.33. The number of carbonyl (C=O) groups is 2. The van der Waals surface area contributed by atoms with Crippen molar-refractivity contribution in [3.05, 3.63) is 30.1 Å². The molecule has 2 rings (SSSR count). The van der Waals surface area contributed by atoms with Gasteiger partial charge < -0.3 is 10.2 Å². The summed E-state index contributed by atoms with van der Waals surface area (Å²) in [5.41, 5.74) is -0.105. The summed E-state index contributed by atoms with van der Waals surface area (Å²) in [6.45, 7) is 5.31. The quantitative estimate of drug-likeness (QED) is 0.859. The number of nitrogens with one attached hydrogen (secondary N) is 1. The maximum absolute atomic E-state index is 12.5. The number of pyridine rings is 1. The third-order valence-electron chi connectivity index (χ3n) is 3.92. The third-order valence-corrected chi connectivity index (χ3v) is 3.92. The third kappa shape index (κ3) is 3.80. The molecule has 1 N–H and O–H groups in total. The number of nitrogens with zero attached hydrogens (tertiary/aromatic N) is 2. The summed E-state index contributed by atoms with van der Waals surface area (Å²) in [5, 5.41) is 2.83. The van der Waals surface area contributed by atoms with Gasteiger partial charge in [-0.15, -0.1) is 0 Å². The molecule has 2 amide bonds. The van der Waals surface area contributed by atoms with E-state index in [-0.39, 0.29) is 11.8 Å². The van der Waals surface area contributed by atoms with Gasteiger partial charge in [0.2, 0.25) is 11.8 Å². The molecular formula is C16H23N3O2.